The maximum absolute atomic E-state index is 13.2. The second-order valence-corrected chi connectivity index (χ2v) is 5.42. The van der Waals surface area contributed by atoms with Crippen LogP contribution in [-0.2, 0) is 6.54 Å². The molecule has 0 radical (unpaired) electrons. The zero-order chi connectivity index (χ0) is 15.1. The van der Waals surface area contributed by atoms with Crippen molar-refractivity contribution in [2.75, 3.05) is 6.54 Å². The molecule has 2 heterocycles. The van der Waals surface area contributed by atoms with Gasteiger partial charge in [0.15, 0.2) is 0 Å². The molecule has 0 aliphatic heterocycles. The Balaban J connectivity index is 2.05. The van der Waals surface area contributed by atoms with Crippen LogP contribution in [-0.4, -0.2) is 16.1 Å². The van der Waals surface area contributed by atoms with Crippen LogP contribution in [0.1, 0.15) is 50.3 Å². The summed E-state index contributed by atoms with van der Waals surface area (Å²) in [6.07, 6.45) is 10.6. The number of hydrogen-bond donors (Lipinski definition) is 1. The van der Waals surface area contributed by atoms with Gasteiger partial charge < -0.3 is 9.88 Å². The molecule has 2 rings (SSSR count). The summed E-state index contributed by atoms with van der Waals surface area (Å²) in [5.74, 6) is -0.284. The molecule has 114 valence electrons. The molecule has 0 saturated carbocycles. The van der Waals surface area contributed by atoms with Crippen LogP contribution in [0.2, 0.25) is 0 Å². The van der Waals surface area contributed by atoms with E-state index in [0.717, 1.165) is 31.4 Å². The van der Waals surface area contributed by atoms with E-state index >= 15 is 0 Å². The number of rotatable bonds is 8. The summed E-state index contributed by atoms with van der Waals surface area (Å²) >= 11 is 0. The molecular formula is C17H24FN3. The molecule has 2 aromatic rings. The predicted molar refractivity (Wildman–Crippen MR) is 83.7 cm³/mol. The van der Waals surface area contributed by atoms with Crippen LogP contribution in [0, 0.1) is 5.82 Å². The quantitative estimate of drug-likeness (QED) is 0.798. The molecule has 3 nitrogen and oxygen atoms in total. The molecule has 2 aromatic heterocycles. The first-order chi connectivity index (χ1) is 10.2. The smallest absolute Gasteiger partial charge is 0.141 e. The van der Waals surface area contributed by atoms with E-state index in [4.69, 9.17) is 0 Å². The molecule has 0 aliphatic rings. The van der Waals surface area contributed by atoms with Crippen LogP contribution < -0.4 is 5.32 Å². The summed E-state index contributed by atoms with van der Waals surface area (Å²) in [5.41, 5.74) is 2.18. The van der Waals surface area contributed by atoms with E-state index in [9.17, 15) is 4.39 Å². The molecule has 0 bridgehead atoms. The van der Waals surface area contributed by atoms with E-state index in [1.807, 2.05) is 0 Å². The van der Waals surface area contributed by atoms with Crippen molar-refractivity contribution in [1.29, 1.82) is 0 Å². The Labute approximate surface area is 126 Å². The van der Waals surface area contributed by atoms with E-state index in [2.05, 4.69) is 47.2 Å². The second-order valence-electron chi connectivity index (χ2n) is 5.42. The summed E-state index contributed by atoms with van der Waals surface area (Å²) in [6.45, 7) is 6.06. The lowest BCUT2D eigenvalue weighted by molar-refractivity contribution is 0.493. The number of hydrogen-bond acceptors (Lipinski definition) is 2. The molecule has 0 aliphatic carbocycles. The van der Waals surface area contributed by atoms with E-state index in [-0.39, 0.29) is 5.82 Å². The van der Waals surface area contributed by atoms with Crippen molar-refractivity contribution >= 4 is 0 Å². The number of pyridine rings is 1. The third kappa shape index (κ3) is 4.67. The zero-order valence-corrected chi connectivity index (χ0v) is 12.8. The van der Waals surface area contributed by atoms with Crippen molar-refractivity contribution in [2.45, 2.75) is 45.7 Å². The van der Waals surface area contributed by atoms with E-state index < -0.39 is 0 Å². The van der Waals surface area contributed by atoms with Gasteiger partial charge in [-0.1, -0.05) is 20.3 Å². The minimum absolute atomic E-state index is 0.284. The highest BCUT2D eigenvalue weighted by Crippen LogP contribution is 2.19. The largest absolute Gasteiger partial charge is 0.350 e. The van der Waals surface area contributed by atoms with Crippen molar-refractivity contribution in [1.82, 2.24) is 14.9 Å². The summed E-state index contributed by atoms with van der Waals surface area (Å²) in [7, 11) is 0. The topological polar surface area (TPSA) is 29.9 Å². The zero-order valence-electron chi connectivity index (χ0n) is 12.8. The van der Waals surface area contributed by atoms with Crippen LogP contribution in [0.5, 0.6) is 0 Å². The number of nitrogens with zero attached hydrogens (tertiary/aromatic N) is 2. The average Bonchev–Trinajstić information content (AvgIpc) is 2.92. The van der Waals surface area contributed by atoms with Crippen LogP contribution in [0.4, 0.5) is 4.39 Å². The fourth-order valence-electron chi connectivity index (χ4n) is 2.51. The number of aromatic nitrogens is 2. The number of nitrogens with one attached hydrogen (secondary N) is 1. The maximum atomic E-state index is 13.2. The molecular weight excluding hydrogens is 265 g/mol. The molecule has 0 fully saturated rings. The minimum Gasteiger partial charge on any atom is -0.350 e. The highest BCUT2D eigenvalue weighted by Gasteiger charge is 2.11. The number of halogens is 1. The maximum Gasteiger partial charge on any atom is 0.141 e. The molecule has 1 unspecified atom stereocenters. The highest BCUT2D eigenvalue weighted by atomic mass is 19.1. The summed E-state index contributed by atoms with van der Waals surface area (Å²) in [4.78, 5) is 3.89. The van der Waals surface area contributed by atoms with Gasteiger partial charge in [0.05, 0.1) is 6.20 Å². The summed E-state index contributed by atoms with van der Waals surface area (Å²) in [6, 6.07) is 4.09. The first kappa shape index (κ1) is 15.7. The Morgan fingerprint density at radius 3 is 2.86 bits per heavy atom. The Bertz CT molecular complexity index is 550. The summed E-state index contributed by atoms with van der Waals surface area (Å²) < 4.78 is 15.2. The molecule has 0 amide bonds. The lowest BCUT2D eigenvalue weighted by Gasteiger charge is -2.16. The summed E-state index contributed by atoms with van der Waals surface area (Å²) in [5, 5.41) is 3.59. The molecule has 0 saturated heterocycles. The van der Waals surface area contributed by atoms with Crippen molar-refractivity contribution in [2.24, 2.45) is 0 Å². The first-order valence-electron chi connectivity index (χ1n) is 7.71. The van der Waals surface area contributed by atoms with Gasteiger partial charge in [0.25, 0.3) is 0 Å². The van der Waals surface area contributed by atoms with Crippen molar-refractivity contribution < 1.29 is 4.39 Å². The lowest BCUT2D eigenvalue weighted by Crippen LogP contribution is -2.21. The molecule has 0 aromatic carbocycles. The third-order valence-electron chi connectivity index (χ3n) is 3.52. The van der Waals surface area contributed by atoms with Gasteiger partial charge in [0.2, 0.25) is 0 Å². The van der Waals surface area contributed by atoms with Crippen molar-refractivity contribution in [3.05, 3.63) is 53.9 Å². The molecule has 1 atom stereocenters. The Morgan fingerprint density at radius 2 is 2.14 bits per heavy atom. The van der Waals surface area contributed by atoms with Gasteiger partial charge in [0.1, 0.15) is 5.82 Å². The van der Waals surface area contributed by atoms with Gasteiger partial charge in [-0.25, -0.2) is 4.39 Å². The van der Waals surface area contributed by atoms with Crippen molar-refractivity contribution in [3.8, 4) is 0 Å². The third-order valence-corrected chi connectivity index (χ3v) is 3.52. The SMILES string of the molecule is CCCNC(CCC)c1ccn(Cc2cncc(F)c2)c1. The first-order valence-corrected chi connectivity index (χ1v) is 7.71. The molecule has 1 N–H and O–H groups in total. The van der Waals surface area contributed by atoms with Gasteiger partial charge in [-0.3, -0.25) is 4.98 Å². The van der Waals surface area contributed by atoms with Gasteiger partial charge in [0, 0.05) is 31.2 Å². The van der Waals surface area contributed by atoms with Crippen LogP contribution in [0.3, 0.4) is 0 Å². The minimum atomic E-state index is -0.284. The van der Waals surface area contributed by atoms with Crippen LogP contribution in [0.15, 0.2) is 36.9 Å². The standard InChI is InChI=1S/C17H24FN3/c1-3-5-17(20-7-4-2)15-6-8-21(13-15)12-14-9-16(18)11-19-10-14/h6,8-11,13,17,20H,3-5,7,12H2,1-2H3. The normalized spacial score (nSPS) is 12.5. The Kier molecular flexibility index (Phi) is 5.93. The Hall–Kier alpha value is -1.68. The predicted octanol–water partition coefficient (Wildman–Crippen LogP) is 3.91. The average molecular weight is 289 g/mol. The van der Waals surface area contributed by atoms with Gasteiger partial charge in [-0.2, -0.15) is 0 Å². The fraction of sp³-hybridized carbons (Fsp3) is 0.471. The molecule has 21 heavy (non-hydrogen) atoms. The van der Waals surface area contributed by atoms with Gasteiger partial charge in [-0.05, 0) is 42.6 Å². The van der Waals surface area contributed by atoms with E-state index in [1.165, 1.54) is 17.8 Å². The van der Waals surface area contributed by atoms with Crippen molar-refractivity contribution in [3.63, 3.8) is 0 Å². The fourth-order valence-corrected chi connectivity index (χ4v) is 2.51. The molecule has 0 spiro atoms. The monoisotopic (exact) mass is 289 g/mol. The van der Waals surface area contributed by atoms with E-state index in [0.29, 0.717) is 12.6 Å². The highest BCUT2D eigenvalue weighted by molar-refractivity contribution is 5.18. The second kappa shape index (κ2) is 7.93. The Morgan fingerprint density at radius 1 is 1.29 bits per heavy atom. The van der Waals surface area contributed by atoms with Crippen LogP contribution >= 0.6 is 0 Å². The van der Waals surface area contributed by atoms with Gasteiger partial charge >= 0.3 is 0 Å². The molecule has 4 heteroatoms. The van der Waals surface area contributed by atoms with Gasteiger partial charge in [-0.15, -0.1) is 0 Å². The lowest BCUT2D eigenvalue weighted by atomic mass is 10.1. The van der Waals surface area contributed by atoms with E-state index in [1.54, 1.807) is 6.20 Å². The van der Waals surface area contributed by atoms with Crippen LogP contribution in [0.25, 0.3) is 0 Å².